The van der Waals surface area contributed by atoms with Crippen LogP contribution in [0.3, 0.4) is 0 Å². The van der Waals surface area contributed by atoms with E-state index in [2.05, 4.69) is 5.32 Å². The fourth-order valence-electron chi connectivity index (χ4n) is 1.99. The summed E-state index contributed by atoms with van der Waals surface area (Å²) in [5.74, 6) is -0.131. The minimum Gasteiger partial charge on any atom is -0.480 e. The van der Waals surface area contributed by atoms with E-state index in [9.17, 15) is 9.59 Å². The van der Waals surface area contributed by atoms with Gasteiger partial charge in [0.05, 0.1) is 19.4 Å². The van der Waals surface area contributed by atoms with Crippen LogP contribution in [0.2, 0.25) is 0 Å². The first-order valence-corrected chi connectivity index (χ1v) is 6.14. The van der Waals surface area contributed by atoms with Crippen molar-refractivity contribution >= 4 is 12.0 Å². The number of amides is 2. The highest BCUT2D eigenvalue weighted by Gasteiger charge is 2.21. The van der Waals surface area contributed by atoms with Crippen molar-refractivity contribution < 1.29 is 19.1 Å². The van der Waals surface area contributed by atoms with Crippen molar-refractivity contribution in [3.05, 3.63) is 24.2 Å². The van der Waals surface area contributed by atoms with E-state index < -0.39 is 5.97 Å². The predicted molar refractivity (Wildman–Crippen MR) is 66.6 cm³/mol. The quantitative estimate of drug-likeness (QED) is 0.813. The SMILES string of the molecule is O=C(O)CN1CCN(C(=O)NCc2ccco2)CC1. The fourth-order valence-corrected chi connectivity index (χ4v) is 1.99. The first kappa shape index (κ1) is 13.4. The predicted octanol–water partition coefficient (Wildman–Crippen LogP) is 0.191. The van der Waals surface area contributed by atoms with Gasteiger partial charge in [-0.1, -0.05) is 0 Å². The van der Waals surface area contributed by atoms with Crippen LogP contribution in [0.1, 0.15) is 5.76 Å². The van der Waals surface area contributed by atoms with Gasteiger partial charge in [0.2, 0.25) is 0 Å². The van der Waals surface area contributed by atoms with Crippen molar-refractivity contribution in [1.82, 2.24) is 15.1 Å². The summed E-state index contributed by atoms with van der Waals surface area (Å²) in [6.45, 7) is 2.64. The number of piperazine rings is 1. The molecule has 1 aromatic heterocycles. The summed E-state index contributed by atoms with van der Waals surface area (Å²) in [6, 6.07) is 3.42. The van der Waals surface area contributed by atoms with Crippen molar-refractivity contribution in [2.75, 3.05) is 32.7 Å². The minimum absolute atomic E-state index is 0.0296. The van der Waals surface area contributed by atoms with Crippen molar-refractivity contribution in [1.29, 1.82) is 0 Å². The van der Waals surface area contributed by atoms with Crippen molar-refractivity contribution in [3.8, 4) is 0 Å². The third kappa shape index (κ3) is 3.99. The van der Waals surface area contributed by atoms with Gasteiger partial charge in [-0.25, -0.2) is 4.79 Å². The Morgan fingerprint density at radius 2 is 2.05 bits per heavy atom. The van der Waals surface area contributed by atoms with Gasteiger partial charge in [-0.15, -0.1) is 0 Å². The monoisotopic (exact) mass is 267 g/mol. The van der Waals surface area contributed by atoms with E-state index in [1.54, 1.807) is 23.3 Å². The van der Waals surface area contributed by atoms with Crippen LogP contribution in [-0.4, -0.2) is 59.6 Å². The Labute approximate surface area is 110 Å². The van der Waals surface area contributed by atoms with Crippen molar-refractivity contribution in [2.24, 2.45) is 0 Å². The molecule has 104 valence electrons. The van der Waals surface area contributed by atoms with Gasteiger partial charge >= 0.3 is 12.0 Å². The lowest BCUT2D eigenvalue weighted by molar-refractivity contribution is -0.138. The van der Waals surface area contributed by atoms with E-state index >= 15 is 0 Å². The molecular formula is C12H17N3O4. The maximum Gasteiger partial charge on any atom is 0.317 e. The smallest absolute Gasteiger partial charge is 0.317 e. The first-order chi connectivity index (χ1) is 9.15. The lowest BCUT2D eigenvalue weighted by Crippen LogP contribution is -2.52. The Morgan fingerprint density at radius 3 is 2.63 bits per heavy atom. The average Bonchev–Trinajstić information content (AvgIpc) is 2.89. The summed E-state index contributed by atoms with van der Waals surface area (Å²) in [7, 11) is 0. The third-order valence-electron chi connectivity index (χ3n) is 3.01. The Bertz CT molecular complexity index is 424. The van der Waals surface area contributed by atoms with Crippen LogP contribution in [0.4, 0.5) is 4.79 Å². The van der Waals surface area contributed by atoms with Crippen LogP contribution >= 0.6 is 0 Å². The molecule has 7 nitrogen and oxygen atoms in total. The van der Waals surface area contributed by atoms with Crippen LogP contribution in [0, 0.1) is 0 Å². The number of hydrogen-bond acceptors (Lipinski definition) is 4. The summed E-state index contributed by atoms with van der Waals surface area (Å²) in [4.78, 5) is 25.9. The number of nitrogens with zero attached hydrogens (tertiary/aromatic N) is 2. The molecule has 0 radical (unpaired) electrons. The van der Waals surface area contributed by atoms with Gasteiger partial charge in [0.25, 0.3) is 0 Å². The zero-order chi connectivity index (χ0) is 13.7. The molecule has 0 saturated carbocycles. The molecule has 2 N–H and O–H groups in total. The molecule has 1 saturated heterocycles. The molecule has 7 heteroatoms. The molecule has 2 rings (SSSR count). The highest BCUT2D eigenvalue weighted by molar-refractivity contribution is 5.74. The number of carboxylic acid groups (broad SMARTS) is 1. The van der Waals surface area contributed by atoms with Crippen molar-refractivity contribution in [2.45, 2.75) is 6.54 Å². The lowest BCUT2D eigenvalue weighted by atomic mass is 10.3. The molecule has 0 spiro atoms. The van der Waals surface area contributed by atoms with Gasteiger partial charge in [0.1, 0.15) is 5.76 Å². The number of aliphatic carboxylic acids is 1. The first-order valence-electron chi connectivity index (χ1n) is 6.14. The van der Waals surface area contributed by atoms with E-state index in [-0.39, 0.29) is 12.6 Å². The molecule has 2 amide bonds. The second kappa shape index (κ2) is 6.24. The van der Waals surface area contributed by atoms with E-state index in [0.29, 0.717) is 38.5 Å². The Morgan fingerprint density at radius 1 is 1.32 bits per heavy atom. The van der Waals surface area contributed by atoms with Crippen LogP contribution in [-0.2, 0) is 11.3 Å². The molecule has 0 unspecified atom stereocenters. The van der Waals surface area contributed by atoms with E-state index in [4.69, 9.17) is 9.52 Å². The summed E-state index contributed by atoms with van der Waals surface area (Å²) >= 11 is 0. The molecule has 0 atom stereocenters. The van der Waals surface area contributed by atoms with Gasteiger partial charge in [-0.05, 0) is 12.1 Å². The largest absolute Gasteiger partial charge is 0.480 e. The molecule has 0 aliphatic carbocycles. The maximum absolute atomic E-state index is 11.9. The van der Waals surface area contributed by atoms with Crippen LogP contribution in [0.5, 0.6) is 0 Å². The van der Waals surface area contributed by atoms with E-state index in [1.807, 2.05) is 4.90 Å². The fraction of sp³-hybridized carbons (Fsp3) is 0.500. The molecule has 1 fully saturated rings. The van der Waals surface area contributed by atoms with E-state index in [0.717, 1.165) is 0 Å². The van der Waals surface area contributed by atoms with Crippen LogP contribution in [0.25, 0.3) is 0 Å². The molecule has 1 aromatic rings. The number of nitrogens with one attached hydrogen (secondary N) is 1. The molecule has 0 aromatic carbocycles. The number of furan rings is 1. The van der Waals surface area contributed by atoms with Gasteiger partial charge in [0, 0.05) is 26.2 Å². The zero-order valence-electron chi connectivity index (χ0n) is 10.5. The molecule has 19 heavy (non-hydrogen) atoms. The third-order valence-corrected chi connectivity index (χ3v) is 3.01. The number of carbonyl (C=O) groups is 2. The topological polar surface area (TPSA) is 86.0 Å². The summed E-state index contributed by atoms with van der Waals surface area (Å²) < 4.78 is 5.13. The summed E-state index contributed by atoms with van der Waals surface area (Å²) in [5.41, 5.74) is 0. The molecule has 0 bridgehead atoms. The second-order valence-electron chi connectivity index (χ2n) is 4.40. The summed E-state index contributed by atoms with van der Waals surface area (Å²) in [5, 5.41) is 11.5. The number of carboxylic acids is 1. The Balaban J connectivity index is 1.71. The molecule has 2 heterocycles. The number of carbonyl (C=O) groups excluding carboxylic acids is 1. The van der Waals surface area contributed by atoms with Crippen molar-refractivity contribution in [3.63, 3.8) is 0 Å². The van der Waals surface area contributed by atoms with Gasteiger partial charge in [-0.3, -0.25) is 9.69 Å². The number of rotatable bonds is 4. The van der Waals surface area contributed by atoms with Crippen LogP contribution < -0.4 is 5.32 Å². The highest BCUT2D eigenvalue weighted by atomic mass is 16.4. The molecule has 1 aliphatic heterocycles. The highest BCUT2D eigenvalue weighted by Crippen LogP contribution is 2.03. The minimum atomic E-state index is -0.837. The zero-order valence-corrected chi connectivity index (χ0v) is 10.5. The normalized spacial score (nSPS) is 16.3. The number of urea groups is 1. The number of hydrogen-bond donors (Lipinski definition) is 2. The standard InChI is InChI=1S/C12H17N3O4/c16-11(17)9-14-3-5-15(6-4-14)12(18)13-8-10-2-1-7-19-10/h1-2,7H,3-6,8-9H2,(H,13,18)(H,16,17). The van der Waals surface area contributed by atoms with Gasteiger partial charge in [-0.2, -0.15) is 0 Å². The average molecular weight is 267 g/mol. The Hall–Kier alpha value is -2.02. The molecule has 1 aliphatic rings. The second-order valence-corrected chi connectivity index (χ2v) is 4.40. The van der Waals surface area contributed by atoms with Gasteiger partial charge in [0.15, 0.2) is 0 Å². The summed E-state index contributed by atoms with van der Waals surface area (Å²) in [6.07, 6.45) is 1.56. The Kier molecular flexibility index (Phi) is 4.40. The van der Waals surface area contributed by atoms with Crippen LogP contribution in [0.15, 0.2) is 22.8 Å². The van der Waals surface area contributed by atoms with Gasteiger partial charge < -0.3 is 19.7 Å². The van der Waals surface area contributed by atoms with E-state index in [1.165, 1.54) is 0 Å². The lowest BCUT2D eigenvalue weighted by Gasteiger charge is -2.33. The molecular weight excluding hydrogens is 250 g/mol. The maximum atomic E-state index is 11.9.